The molecule has 0 unspecified atom stereocenters. The maximum absolute atomic E-state index is 5.70. The summed E-state index contributed by atoms with van der Waals surface area (Å²) in [7, 11) is 2.09. The van der Waals surface area contributed by atoms with E-state index in [0.29, 0.717) is 6.67 Å². The summed E-state index contributed by atoms with van der Waals surface area (Å²) in [6, 6.07) is 16.7. The molecule has 0 aliphatic heterocycles. The fourth-order valence-electron chi connectivity index (χ4n) is 3.06. The number of nitrogens with zero attached hydrogens (tertiary/aromatic N) is 4. The van der Waals surface area contributed by atoms with Crippen LogP contribution in [0.1, 0.15) is 22.5 Å². The van der Waals surface area contributed by atoms with Crippen LogP contribution in [-0.4, -0.2) is 26.3 Å². The first-order chi connectivity index (χ1) is 12.0. The lowest BCUT2D eigenvalue weighted by atomic mass is 10.1. The second-order valence-corrected chi connectivity index (χ2v) is 6.90. The molecule has 0 fully saturated rings. The van der Waals surface area contributed by atoms with Gasteiger partial charge in [-0.05, 0) is 62.8 Å². The number of para-hydroxylation sites is 1. The Morgan fingerprint density at radius 2 is 1.60 bits per heavy atom. The quantitative estimate of drug-likeness (QED) is 0.636. The van der Waals surface area contributed by atoms with E-state index in [1.807, 2.05) is 28.3 Å². The van der Waals surface area contributed by atoms with Gasteiger partial charge in [-0.1, -0.05) is 42.5 Å². The van der Waals surface area contributed by atoms with Crippen molar-refractivity contribution in [1.82, 2.24) is 19.2 Å². The van der Waals surface area contributed by atoms with Gasteiger partial charge in [0.1, 0.15) is 5.82 Å². The molecule has 2 aromatic carbocycles. The molecule has 4 nitrogen and oxygen atoms in total. The molecule has 3 aromatic rings. The third-order valence-electron chi connectivity index (χ3n) is 4.43. The van der Waals surface area contributed by atoms with E-state index < -0.39 is 0 Å². The zero-order valence-electron chi connectivity index (χ0n) is 15.2. The molecule has 3 rings (SSSR count). The van der Waals surface area contributed by atoms with Gasteiger partial charge in [0.25, 0.3) is 0 Å². The van der Waals surface area contributed by atoms with E-state index >= 15 is 0 Å². The third-order valence-corrected chi connectivity index (χ3v) is 4.83. The monoisotopic (exact) mass is 352 g/mol. The predicted molar refractivity (Wildman–Crippen MR) is 105 cm³/mol. The average Bonchev–Trinajstić information content (AvgIpc) is 2.84. The van der Waals surface area contributed by atoms with Crippen LogP contribution in [0.5, 0.6) is 0 Å². The highest BCUT2D eigenvalue weighted by molar-refractivity contribution is 7.71. The smallest absolute Gasteiger partial charge is 0.203 e. The minimum Gasteiger partial charge on any atom is -0.283 e. The van der Waals surface area contributed by atoms with Crippen molar-refractivity contribution in [1.29, 1.82) is 0 Å². The summed E-state index contributed by atoms with van der Waals surface area (Å²) in [6.45, 7) is 7.77. The van der Waals surface area contributed by atoms with Crippen LogP contribution in [-0.2, 0) is 13.2 Å². The van der Waals surface area contributed by atoms with Gasteiger partial charge in [-0.2, -0.15) is 5.10 Å². The van der Waals surface area contributed by atoms with Crippen molar-refractivity contribution in [3.8, 4) is 5.69 Å². The SMILES string of the molecule is Cc1ccccc1CN(C)Cn1nc(C)n(-c2ccccc2C)c1=S. The number of rotatable bonds is 5. The topological polar surface area (TPSA) is 26.0 Å². The van der Waals surface area contributed by atoms with Gasteiger partial charge < -0.3 is 0 Å². The van der Waals surface area contributed by atoms with Crippen molar-refractivity contribution in [2.75, 3.05) is 7.05 Å². The molecule has 0 bridgehead atoms. The van der Waals surface area contributed by atoms with Gasteiger partial charge in [-0.15, -0.1) is 0 Å². The van der Waals surface area contributed by atoms with Crippen LogP contribution in [0.4, 0.5) is 0 Å². The average molecular weight is 353 g/mol. The van der Waals surface area contributed by atoms with Gasteiger partial charge in [0.15, 0.2) is 0 Å². The molecule has 1 aromatic heterocycles. The van der Waals surface area contributed by atoms with E-state index in [1.54, 1.807) is 0 Å². The molecule has 0 saturated carbocycles. The van der Waals surface area contributed by atoms with Gasteiger partial charge in [0, 0.05) is 6.54 Å². The van der Waals surface area contributed by atoms with Crippen LogP contribution >= 0.6 is 12.2 Å². The van der Waals surface area contributed by atoms with E-state index in [0.717, 1.165) is 22.8 Å². The van der Waals surface area contributed by atoms with Crippen LogP contribution in [0, 0.1) is 25.5 Å². The van der Waals surface area contributed by atoms with Gasteiger partial charge in [-0.3, -0.25) is 9.47 Å². The number of benzene rings is 2. The lowest BCUT2D eigenvalue weighted by Crippen LogP contribution is -2.23. The summed E-state index contributed by atoms with van der Waals surface area (Å²) in [5.74, 6) is 0.906. The first-order valence-electron chi connectivity index (χ1n) is 8.43. The van der Waals surface area contributed by atoms with E-state index in [9.17, 15) is 0 Å². The molecule has 1 heterocycles. The van der Waals surface area contributed by atoms with Gasteiger partial charge in [0.05, 0.1) is 12.4 Å². The second kappa shape index (κ2) is 7.33. The molecule has 130 valence electrons. The zero-order chi connectivity index (χ0) is 18.0. The van der Waals surface area contributed by atoms with E-state index in [2.05, 4.69) is 67.3 Å². The molecular formula is C20H24N4S. The van der Waals surface area contributed by atoms with Crippen molar-refractivity contribution in [3.63, 3.8) is 0 Å². The first kappa shape index (κ1) is 17.6. The Hall–Kier alpha value is -2.24. The van der Waals surface area contributed by atoms with Crippen molar-refractivity contribution >= 4 is 12.2 Å². The maximum atomic E-state index is 5.70. The van der Waals surface area contributed by atoms with Crippen molar-refractivity contribution in [3.05, 3.63) is 75.8 Å². The Kier molecular flexibility index (Phi) is 5.16. The minimum absolute atomic E-state index is 0.660. The lowest BCUT2D eigenvalue weighted by Gasteiger charge is -2.17. The van der Waals surface area contributed by atoms with Crippen LogP contribution < -0.4 is 0 Å². The van der Waals surface area contributed by atoms with Crippen molar-refractivity contribution in [2.24, 2.45) is 0 Å². The predicted octanol–water partition coefficient (Wildman–Crippen LogP) is 4.42. The van der Waals surface area contributed by atoms with Crippen molar-refractivity contribution in [2.45, 2.75) is 34.0 Å². The summed E-state index contributed by atoms with van der Waals surface area (Å²) < 4.78 is 4.67. The van der Waals surface area contributed by atoms with Crippen LogP contribution in [0.15, 0.2) is 48.5 Å². The van der Waals surface area contributed by atoms with Gasteiger partial charge >= 0.3 is 0 Å². The molecule has 0 aliphatic rings. The highest BCUT2D eigenvalue weighted by Gasteiger charge is 2.12. The summed E-state index contributed by atoms with van der Waals surface area (Å²) in [5, 5.41) is 4.67. The number of aromatic nitrogens is 3. The highest BCUT2D eigenvalue weighted by atomic mass is 32.1. The molecular weight excluding hydrogens is 328 g/mol. The molecule has 0 amide bonds. The molecule has 0 N–H and O–H groups in total. The summed E-state index contributed by atoms with van der Waals surface area (Å²) in [4.78, 5) is 2.23. The standard InChI is InChI=1S/C20H24N4S/c1-15-9-5-7-11-18(15)13-22(4)14-23-20(25)24(17(3)21-23)19-12-8-6-10-16(19)2/h5-12H,13-14H2,1-4H3. The van der Waals surface area contributed by atoms with Gasteiger partial charge in [0.2, 0.25) is 4.77 Å². The molecule has 0 atom stereocenters. The Bertz CT molecular complexity index is 939. The van der Waals surface area contributed by atoms with Crippen LogP contribution in [0.3, 0.4) is 0 Å². The second-order valence-electron chi connectivity index (χ2n) is 6.53. The van der Waals surface area contributed by atoms with E-state index in [4.69, 9.17) is 12.2 Å². The molecule has 0 radical (unpaired) electrons. The number of aryl methyl sites for hydroxylation is 3. The van der Waals surface area contributed by atoms with E-state index in [1.165, 1.54) is 16.7 Å². The summed E-state index contributed by atoms with van der Waals surface area (Å²) in [6.07, 6.45) is 0. The fraction of sp³-hybridized carbons (Fsp3) is 0.300. The number of hydrogen-bond donors (Lipinski definition) is 0. The summed E-state index contributed by atoms with van der Waals surface area (Å²) in [5.41, 5.74) is 4.92. The Labute approximate surface area is 154 Å². The Morgan fingerprint density at radius 3 is 2.28 bits per heavy atom. The van der Waals surface area contributed by atoms with E-state index in [-0.39, 0.29) is 0 Å². The summed E-state index contributed by atoms with van der Waals surface area (Å²) >= 11 is 5.70. The maximum Gasteiger partial charge on any atom is 0.203 e. The van der Waals surface area contributed by atoms with Crippen LogP contribution in [0.25, 0.3) is 5.69 Å². The zero-order valence-corrected chi connectivity index (χ0v) is 16.0. The first-order valence-corrected chi connectivity index (χ1v) is 8.83. The Balaban J connectivity index is 1.85. The van der Waals surface area contributed by atoms with Crippen LogP contribution in [0.2, 0.25) is 0 Å². The number of hydrogen-bond acceptors (Lipinski definition) is 3. The molecule has 0 spiro atoms. The highest BCUT2D eigenvalue weighted by Crippen LogP contribution is 2.17. The van der Waals surface area contributed by atoms with Crippen molar-refractivity contribution < 1.29 is 0 Å². The molecule has 0 aliphatic carbocycles. The van der Waals surface area contributed by atoms with Gasteiger partial charge in [-0.25, -0.2) is 4.68 Å². The molecule has 5 heteroatoms. The minimum atomic E-state index is 0.660. The third kappa shape index (κ3) is 3.72. The largest absolute Gasteiger partial charge is 0.283 e. The lowest BCUT2D eigenvalue weighted by molar-refractivity contribution is 0.243. The normalized spacial score (nSPS) is 11.2. The molecule has 0 saturated heterocycles. The molecule has 25 heavy (non-hydrogen) atoms. The Morgan fingerprint density at radius 1 is 0.960 bits per heavy atom. The fourth-order valence-corrected chi connectivity index (χ4v) is 3.39.